The molecule has 1 aliphatic heterocycles. The van der Waals surface area contributed by atoms with E-state index in [4.69, 9.17) is 5.11 Å². The number of piperidine rings is 1. The third kappa shape index (κ3) is 4.17. The van der Waals surface area contributed by atoms with Gasteiger partial charge in [-0.2, -0.15) is 0 Å². The molecule has 2 aromatic rings. The van der Waals surface area contributed by atoms with Crippen molar-refractivity contribution in [2.24, 2.45) is 5.92 Å². The van der Waals surface area contributed by atoms with Gasteiger partial charge in [0.1, 0.15) is 17.5 Å². The Hall–Kier alpha value is -2.96. The Bertz CT molecular complexity index is 812. The summed E-state index contributed by atoms with van der Waals surface area (Å²) in [6.07, 6.45) is 1.24. The van der Waals surface area contributed by atoms with Crippen LogP contribution in [0.4, 0.5) is 17.3 Å². The molecule has 1 saturated heterocycles. The zero-order valence-corrected chi connectivity index (χ0v) is 14.9. The van der Waals surface area contributed by atoms with Crippen LogP contribution in [-0.4, -0.2) is 39.9 Å². The normalized spacial score (nSPS) is 14.9. The second-order valence-corrected chi connectivity index (χ2v) is 6.52. The first kappa shape index (κ1) is 17.8. The maximum atomic E-state index is 11.4. The number of carbonyl (C=O) groups excluding carboxylic acids is 1. The average molecular weight is 354 g/mol. The minimum absolute atomic E-state index is 0.0291. The Kier molecular flexibility index (Phi) is 5.16. The van der Waals surface area contributed by atoms with Crippen LogP contribution < -0.4 is 10.2 Å². The molecule has 2 heterocycles. The van der Waals surface area contributed by atoms with Gasteiger partial charge in [-0.15, -0.1) is 0 Å². The Morgan fingerprint density at radius 3 is 2.38 bits per heavy atom. The third-order valence-corrected chi connectivity index (χ3v) is 4.56. The Morgan fingerprint density at radius 1 is 1.15 bits per heavy atom. The lowest BCUT2D eigenvalue weighted by atomic mass is 9.97. The van der Waals surface area contributed by atoms with Crippen molar-refractivity contribution in [3.63, 3.8) is 0 Å². The lowest BCUT2D eigenvalue weighted by Gasteiger charge is -2.31. The molecule has 7 heteroatoms. The number of nitrogens with one attached hydrogen (secondary N) is 1. The summed E-state index contributed by atoms with van der Waals surface area (Å²) in [6, 6.07) is 9.10. The average Bonchev–Trinajstić information content (AvgIpc) is 2.61. The molecule has 0 bridgehead atoms. The highest BCUT2D eigenvalue weighted by atomic mass is 16.4. The highest BCUT2D eigenvalue weighted by Gasteiger charge is 2.25. The van der Waals surface area contributed by atoms with Crippen LogP contribution in [0.25, 0.3) is 0 Å². The van der Waals surface area contributed by atoms with Crippen LogP contribution in [0.1, 0.15) is 35.9 Å². The molecule has 1 aromatic carbocycles. The maximum absolute atomic E-state index is 11.4. The van der Waals surface area contributed by atoms with E-state index in [1.807, 2.05) is 25.1 Å². The maximum Gasteiger partial charge on any atom is 0.306 e. The number of carbonyl (C=O) groups is 2. The lowest BCUT2D eigenvalue weighted by Crippen LogP contribution is -2.36. The molecule has 7 nitrogen and oxygen atoms in total. The lowest BCUT2D eigenvalue weighted by molar-refractivity contribution is -0.142. The second-order valence-electron chi connectivity index (χ2n) is 6.52. The topological polar surface area (TPSA) is 95.4 Å². The molecule has 0 radical (unpaired) electrons. The van der Waals surface area contributed by atoms with Crippen molar-refractivity contribution < 1.29 is 14.7 Å². The molecule has 3 rings (SSSR count). The van der Waals surface area contributed by atoms with Crippen LogP contribution in [-0.2, 0) is 4.79 Å². The number of hydrogen-bond acceptors (Lipinski definition) is 6. The predicted molar refractivity (Wildman–Crippen MR) is 99.1 cm³/mol. The van der Waals surface area contributed by atoms with E-state index in [1.54, 1.807) is 12.1 Å². The smallest absolute Gasteiger partial charge is 0.306 e. The van der Waals surface area contributed by atoms with Crippen molar-refractivity contribution in [2.45, 2.75) is 26.7 Å². The SMILES string of the molecule is CC(=O)c1ccc(Nc2cc(N3CCC(C(=O)O)CC3)nc(C)n2)cc1. The van der Waals surface area contributed by atoms with Crippen LogP contribution in [0.15, 0.2) is 30.3 Å². The predicted octanol–water partition coefficient (Wildman–Crippen LogP) is 3.03. The molecule has 0 saturated carbocycles. The van der Waals surface area contributed by atoms with Crippen LogP contribution in [0, 0.1) is 12.8 Å². The third-order valence-electron chi connectivity index (χ3n) is 4.56. The van der Waals surface area contributed by atoms with Crippen LogP contribution in [0.5, 0.6) is 0 Å². The summed E-state index contributed by atoms with van der Waals surface area (Å²) in [4.78, 5) is 33.5. The number of aryl methyl sites for hydroxylation is 1. The summed E-state index contributed by atoms with van der Waals surface area (Å²) in [5.41, 5.74) is 1.50. The van der Waals surface area contributed by atoms with Gasteiger partial charge in [0.15, 0.2) is 5.78 Å². The highest BCUT2D eigenvalue weighted by Crippen LogP contribution is 2.25. The van der Waals surface area contributed by atoms with E-state index in [-0.39, 0.29) is 11.7 Å². The molecule has 1 aromatic heterocycles. The van der Waals surface area contributed by atoms with Gasteiger partial charge in [0.25, 0.3) is 0 Å². The standard InChI is InChI=1S/C19H22N4O3/c1-12(24)14-3-5-16(6-4-14)22-17-11-18(21-13(2)20-17)23-9-7-15(8-10-23)19(25)26/h3-6,11,15H,7-10H2,1-2H3,(H,25,26)(H,20,21,22). The van der Waals surface area contributed by atoms with Gasteiger partial charge in [-0.3, -0.25) is 9.59 Å². The number of ketones is 1. The van der Waals surface area contributed by atoms with E-state index in [9.17, 15) is 9.59 Å². The molecule has 0 aliphatic carbocycles. The van der Waals surface area contributed by atoms with Gasteiger partial charge >= 0.3 is 5.97 Å². The monoisotopic (exact) mass is 354 g/mol. The van der Waals surface area contributed by atoms with Crippen molar-refractivity contribution in [1.29, 1.82) is 0 Å². The summed E-state index contributed by atoms with van der Waals surface area (Å²) in [7, 11) is 0. The van der Waals surface area contributed by atoms with E-state index < -0.39 is 5.97 Å². The second kappa shape index (κ2) is 7.51. The fourth-order valence-electron chi connectivity index (χ4n) is 3.07. The Morgan fingerprint density at radius 2 is 1.81 bits per heavy atom. The quantitative estimate of drug-likeness (QED) is 0.797. The van der Waals surface area contributed by atoms with E-state index >= 15 is 0 Å². The van der Waals surface area contributed by atoms with Gasteiger partial charge < -0.3 is 15.3 Å². The van der Waals surface area contributed by atoms with Crippen LogP contribution >= 0.6 is 0 Å². The number of anilines is 3. The summed E-state index contributed by atoms with van der Waals surface area (Å²) in [6.45, 7) is 4.70. The number of rotatable bonds is 5. The largest absolute Gasteiger partial charge is 0.481 e. The van der Waals surface area contributed by atoms with Crippen molar-refractivity contribution in [3.8, 4) is 0 Å². The summed E-state index contributed by atoms with van der Waals surface area (Å²) < 4.78 is 0. The molecule has 0 spiro atoms. The van der Waals surface area contributed by atoms with Gasteiger partial charge in [0.2, 0.25) is 0 Å². The van der Waals surface area contributed by atoms with E-state index in [1.165, 1.54) is 6.92 Å². The fourth-order valence-corrected chi connectivity index (χ4v) is 3.07. The van der Waals surface area contributed by atoms with Gasteiger partial charge in [0.05, 0.1) is 5.92 Å². The zero-order chi connectivity index (χ0) is 18.7. The first-order valence-electron chi connectivity index (χ1n) is 8.64. The highest BCUT2D eigenvalue weighted by molar-refractivity contribution is 5.94. The van der Waals surface area contributed by atoms with Crippen molar-refractivity contribution >= 4 is 29.1 Å². The number of nitrogens with zero attached hydrogens (tertiary/aromatic N) is 3. The number of benzene rings is 1. The molecule has 136 valence electrons. The number of Topliss-reactive ketones (excluding diaryl/α,β-unsaturated/α-hetero) is 1. The number of aliphatic carboxylic acids is 1. The molecule has 26 heavy (non-hydrogen) atoms. The van der Waals surface area contributed by atoms with E-state index in [0.717, 1.165) is 11.5 Å². The van der Waals surface area contributed by atoms with Gasteiger partial charge in [-0.05, 0) is 51.0 Å². The first-order valence-corrected chi connectivity index (χ1v) is 8.64. The van der Waals surface area contributed by atoms with E-state index in [0.29, 0.717) is 43.1 Å². The van der Waals surface area contributed by atoms with Crippen molar-refractivity contribution in [2.75, 3.05) is 23.3 Å². The molecule has 2 N–H and O–H groups in total. The number of aromatic nitrogens is 2. The number of carboxylic acids is 1. The van der Waals surface area contributed by atoms with Crippen LogP contribution in [0.3, 0.4) is 0 Å². The molecular formula is C19H22N4O3. The van der Waals surface area contributed by atoms with Crippen LogP contribution in [0.2, 0.25) is 0 Å². The molecule has 1 aliphatic rings. The zero-order valence-electron chi connectivity index (χ0n) is 14.9. The Balaban J connectivity index is 1.73. The molecule has 0 unspecified atom stereocenters. The van der Waals surface area contributed by atoms with Gasteiger partial charge in [0, 0.05) is 30.4 Å². The van der Waals surface area contributed by atoms with E-state index in [2.05, 4.69) is 20.2 Å². The minimum Gasteiger partial charge on any atom is -0.481 e. The van der Waals surface area contributed by atoms with Crippen molar-refractivity contribution in [3.05, 3.63) is 41.7 Å². The fraction of sp³-hybridized carbons (Fsp3) is 0.368. The summed E-state index contributed by atoms with van der Waals surface area (Å²) in [5.74, 6) is 1.14. The first-order chi connectivity index (χ1) is 12.4. The van der Waals surface area contributed by atoms with Crippen molar-refractivity contribution in [1.82, 2.24) is 9.97 Å². The molecular weight excluding hydrogens is 332 g/mol. The number of carboxylic acid groups (broad SMARTS) is 1. The molecule has 0 amide bonds. The summed E-state index contributed by atoms with van der Waals surface area (Å²) >= 11 is 0. The Labute approximate surface area is 152 Å². The van der Waals surface area contributed by atoms with Gasteiger partial charge in [-0.1, -0.05) is 0 Å². The van der Waals surface area contributed by atoms with Gasteiger partial charge in [-0.25, -0.2) is 9.97 Å². The molecule has 0 atom stereocenters. The molecule has 1 fully saturated rings. The minimum atomic E-state index is -0.722. The number of hydrogen-bond donors (Lipinski definition) is 2. The summed E-state index contributed by atoms with van der Waals surface area (Å²) in [5, 5.41) is 12.4.